The number of aliphatic hydroxyl groups is 2. The Kier molecular flexibility index (Phi) is 3.33. The highest BCUT2D eigenvalue weighted by atomic mass is 16.5. The van der Waals surface area contributed by atoms with Crippen LogP contribution in [0.15, 0.2) is 0 Å². The Morgan fingerprint density at radius 1 is 1.23 bits per heavy atom. The van der Waals surface area contributed by atoms with Crippen LogP contribution >= 0.6 is 0 Å². The highest BCUT2D eigenvalue weighted by Crippen LogP contribution is 2.37. The number of ether oxygens (including phenoxy) is 1. The van der Waals surface area contributed by atoms with Crippen molar-refractivity contribution in [2.75, 3.05) is 19.8 Å². The zero-order valence-electron chi connectivity index (χ0n) is 8.66. The zero-order valence-corrected chi connectivity index (χ0v) is 8.66. The molecule has 13 heavy (non-hydrogen) atoms. The molecule has 1 rings (SSSR count). The molecular weight excluding hydrogens is 168 g/mol. The highest BCUT2D eigenvalue weighted by molar-refractivity contribution is 4.92. The fourth-order valence-electron chi connectivity index (χ4n) is 1.98. The van der Waals surface area contributed by atoms with Gasteiger partial charge in [0.05, 0.1) is 19.8 Å². The van der Waals surface area contributed by atoms with Crippen LogP contribution in [0.2, 0.25) is 0 Å². The first-order chi connectivity index (χ1) is 6.07. The molecule has 2 N–H and O–H groups in total. The lowest BCUT2D eigenvalue weighted by Gasteiger charge is -2.46. The molecular formula is C10H20O3. The molecule has 0 spiro atoms. The molecule has 3 unspecified atom stereocenters. The van der Waals surface area contributed by atoms with E-state index in [0.29, 0.717) is 18.4 Å². The molecule has 0 aromatic heterocycles. The molecule has 1 aliphatic heterocycles. The molecule has 1 aliphatic rings. The predicted octanol–water partition coefficient (Wildman–Crippen LogP) is 0.648. The summed E-state index contributed by atoms with van der Waals surface area (Å²) in [7, 11) is 0. The first kappa shape index (κ1) is 11.0. The van der Waals surface area contributed by atoms with Crippen LogP contribution in [-0.2, 0) is 4.74 Å². The second-order valence-corrected chi connectivity index (χ2v) is 4.32. The molecule has 0 aromatic rings. The predicted molar refractivity (Wildman–Crippen MR) is 50.3 cm³/mol. The van der Waals surface area contributed by atoms with E-state index in [9.17, 15) is 10.2 Å². The Morgan fingerprint density at radius 2 is 1.77 bits per heavy atom. The van der Waals surface area contributed by atoms with E-state index in [1.165, 1.54) is 0 Å². The van der Waals surface area contributed by atoms with Crippen LogP contribution in [0, 0.1) is 17.8 Å². The average molecular weight is 188 g/mol. The third-order valence-electron chi connectivity index (χ3n) is 3.69. The van der Waals surface area contributed by atoms with Crippen LogP contribution in [-0.4, -0.2) is 35.6 Å². The fourth-order valence-corrected chi connectivity index (χ4v) is 1.98. The number of hydrogen-bond acceptors (Lipinski definition) is 3. The van der Waals surface area contributed by atoms with Gasteiger partial charge in [0, 0.05) is 0 Å². The summed E-state index contributed by atoms with van der Waals surface area (Å²) in [6.45, 7) is 6.76. The lowest BCUT2D eigenvalue weighted by molar-refractivity contribution is -0.194. The number of rotatable bonds is 2. The van der Waals surface area contributed by atoms with Crippen molar-refractivity contribution in [1.82, 2.24) is 0 Å². The van der Waals surface area contributed by atoms with Crippen molar-refractivity contribution in [2.45, 2.75) is 26.4 Å². The van der Waals surface area contributed by atoms with E-state index in [2.05, 4.69) is 13.8 Å². The summed E-state index contributed by atoms with van der Waals surface area (Å²) in [4.78, 5) is 0. The Hall–Kier alpha value is -0.120. The molecule has 3 heteroatoms. The van der Waals surface area contributed by atoms with E-state index < -0.39 is 5.60 Å². The van der Waals surface area contributed by atoms with Crippen LogP contribution in [0.5, 0.6) is 0 Å². The Bertz CT molecular complexity index is 166. The maximum absolute atomic E-state index is 9.23. The largest absolute Gasteiger partial charge is 0.393 e. The first-order valence-electron chi connectivity index (χ1n) is 4.93. The van der Waals surface area contributed by atoms with E-state index in [-0.39, 0.29) is 19.1 Å². The van der Waals surface area contributed by atoms with Crippen molar-refractivity contribution in [1.29, 1.82) is 0 Å². The fraction of sp³-hybridized carbons (Fsp3) is 1.00. The van der Waals surface area contributed by atoms with E-state index in [1.807, 2.05) is 6.92 Å². The van der Waals surface area contributed by atoms with Gasteiger partial charge in [-0.3, -0.25) is 0 Å². The Labute approximate surface area is 79.7 Å². The van der Waals surface area contributed by atoms with E-state index in [1.54, 1.807) is 0 Å². The van der Waals surface area contributed by atoms with Crippen molar-refractivity contribution >= 4 is 0 Å². The van der Waals surface area contributed by atoms with Gasteiger partial charge in [-0.1, -0.05) is 20.8 Å². The van der Waals surface area contributed by atoms with E-state index in [4.69, 9.17) is 4.74 Å². The molecule has 3 nitrogen and oxygen atoms in total. The molecule has 1 fully saturated rings. The quantitative estimate of drug-likeness (QED) is 0.669. The SMILES string of the molecule is CC1COC(CO)(CO)C(C)C1C. The summed E-state index contributed by atoms with van der Waals surface area (Å²) < 4.78 is 5.56. The van der Waals surface area contributed by atoms with Gasteiger partial charge in [-0.2, -0.15) is 0 Å². The number of aliphatic hydroxyl groups excluding tert-OH is 2. The molecule has 0 radical (unpaired) electrons. The van der Waals surface area contributed by atoms with Crippen LogP contribution in [0.4, 0.5) is 0 Å². The van der Waals surface area contributed by atoms with Gasteiger partial charge in [-0.05, 0) is 17.8 Å². The Morgan fingerprint density at radius 3 is 2.23 bits per heavy atom. The van der Waals surface area contributed by atoms with Gasteiger partial charge in [0.15, 0.2) is 0 Å². The summed E-state index contributed by atoms with van der Waals surface area (Å²) in [6, 6.07) is 0. The third-order valence-corrected chi connectivity index (χ3v) is 3.69. The Balaban J connectivity index is 2.77. The second kappa shape index (κ2) is 3.95. The van der Waals surface area contributed by atoms with Crippen LogP contribution < -0.4 is 0 Å². The van der Waals surface area contributed by atoms with Crippen molar-refractivity contribution in [3.8, 4) is 0 Å². The van der Waals surface area contributed by atoms with Gasteiger partial charge in [-0.25, -0.2) is 0 Å². The van der Waals surface area contributed by atoms with Crippen LogP contribution in [0.3, 0.4) is 0 Å². The summed E-state index contributed by atoms with van der Waals surface area (Å²) >= 11 is 0. The normalized spacial score (nSPS) is 39.0. The van der Waals surface area contributed by atoms with Crippen LogP contribution in [0.1, 0.15) is 20.8 Å². The minimum Gasteiger partial charge on any atom is -0.393 e. The third kappa shape index (κ3) is 1.73. The smallest absolute Gasteiger partial charge is 0.117 e. The van der Waals surface area contributed by atoms with Gasteiger partial charge in [0.2, 0.25) is 0 Å². The summed E-state index contributed by atoms with van der Waals surface area (Å²) in [5.41, 5.74) is -0.716. The maximum Gasteiger partial charge on any atom is 0.117 e. The molecule has 78 valence electrons. The zero-order chi connectivity index (χ0) is 10.1. The lowest BCUT2D eigenvalue weighted by atomic mass is 9.73. The average Bonchev–Trinajstić information content (AvgIpc) is 2.16. The van der Waals surface area contributed by atoms with Crippen molar-refractivity contribution in [3.05, 3.63) is 0 Å². The van der Waals surface area contributed by atoms with Crippen molar-refractivity contribution < 1.29 is 14.9 Å². The van der Waals surface area contributed by atoms with Gasteiger partial charge in [-0.15, -0.1) is 0 Å². The van der Waals surface area contributed by atoms with E-state index in [0.717, 1.165) is 0 Å². The molecule has 1 heterocycles. The summed E-state index contributed by atoms with van der Waals surface area (Å²) in [5.74, 6) is 1.18. The summed E-state index contributed by atoms with van der Waals surface area (Å²) in [5, 5.41) is 18.5. The van der Waals surface area contributed by atoms with Gasteiger partial charge in [0.25, 0.3) is 0 Å². The summed E-state index contributed by atoms with van der Waals surface area (Å²) in [6.07, 6.45) is 0. The minimum absolute atomic E-state index is 0.0955. The topological polar surface area (TPSA) is 49.7 Å². The van der Waals surface area contributed by atoms with Crippen LogP contribution in [0.25, 0.3) is 0 Å². The van der Waals surface area contributed by atoms with Gasteiger partial charge < -0.3 is 14.9 Å². The standard InChI is InChI=1S/C10H20O3/c1-7-4-13-10(5-11,6-12)9(3)8(7)2/h7-9,11-12H,4-6H2,1-3H3. The first-order valence-corrected chi connectivity index (χ1v) is 4.93. The minimum atomic E-state index is -0.716. The lowest BCUT2D eigenvalue weighted by Crippen LogP contribution is -2.54. The molecule has 0 aromatic carbocycles. The molecule has 0 saturated carbocycles. The molecule has 0 amide bonds. The molecule has 3 atom stereocenters. The van der Waals surface area contributed by atoms with Crippen molar-refractivity contribution in [2.24, 2.45) is 17.8 Å². The second-order valence-electron chi connectivity index (χ2n) is 4.32. The molecule has 1 saturated heterocycles. The monoisotopic (exact) mass is 188 g/mol. The molecule has 0 aliphatic carbocycles. The number of hydrogen-bond donors (Lipinski definition) is 2. The van der Waals surface area contributed by atoms with Gasteiger partial charge in [0.1, 0.15) is 5.60 Å². The molecule has 0 bridgehead atoms. The van der Waals surface area contributed by atoms with E-state index >= 15 is 0 Å². The van der Waals surface area contributed by atoms with Gasteiger partial charge >= 0.3 is 0 Å². The van der Waals surface area contributed by atoms with Crippen molar-refractivity contribution in [3.63, 3.8) is 0 Å². The maximum atomic E-state index is 9.23. The highest BCUT2D eigenvalue weighted by Gasteiger charge is 2.44.